The first-order chi connectivity index (χ1) is 10.9. The van der Waals surface area contributed by atoms with Gasteiger partial charge >= 0.3 is 6.03 Å². The number of carbonyl (C=O) groups excluding carboxylic acids is 2. The molecule has 0 spiro atoms. The molecular weight excluding hydrogens is 396 g/mol. The monoisotopic (exact) mass is 403 g/mol. The van der Waals surface area contributed by atoms with Crippen molar-refractivity contribution in [3.05, 3.63) is 63.1 Å². The number of rotatable bonds is 3. The summed E-state index contributed by atoms with van der Waals surface area (Å²) in [6.45, 7) is 0. The average Bonchev–Trinajstić information content (AvgIpc) is 2.46. The molecule has 0 heterocycles. The zero-order chi connectivity index (χ0) is 17.0. The molecule has 0 bridgehead atoms. The van der Waals surface area contributed by atoms with Crippen LogP contribution in [-0.4, -0.2) is 11.9 Å². The van der Waals surface area contributed by atoms with Crippen LogP contribution in [0.4, 0.5) is 19.3 Å². The minimum Gasteiger partial charge on any atom is -0.294 e. The second-order valence-electron chi connectivity index (χ2n) is 4.28. The van der Waals surface area contributed by atoms with E-state index < -0.39 is 23.6 Å². The highest BCUT2D eigenvalue weighted by Gasteiger charge is 2.15. The van der Waals surface area contributed by atoms with Crippen LogP contribution in [0.1, 0.15) is 10.4 Å². The quantitative estimate of drug-likeness (QED) is 0.681. The van der Waals surface area contributed by atoms with Gasteiger partial charge in [-0.2, -0.15) is 0 Å². The maximum Gasteiger partial charge on any atom is 0.340 e. The standard InChI is InChI=1S/C14H9BrClF2N3O2/c15-7-1-4-12(11(18)5-7)20-21-14(23)19-13(22)9-3-2-8(16)6-10(9)17/h1-6,20H,(H2,19,21,22,23). The van der Waals surface area contributed by atoms with Gasteiger partial charge in [0.15, 0.2) is 0 Å². The molecule has 0 fully saturated rings. The maximum absolute atomic E-state index is 13.5. The molecule has 0 unspecified atom stereocenters. The maximum atomic E-state index is 13.5. The van der Waals surface area contributed by atoms with Crippen molar-refractivity contribution in [2.24, 2.45) is 0 Å². The molecule has 0 aliphatic carbocycles. The van der Waals surface area contributed by atoms with Crippen molar-refractivity contribution in [1.29, 1.82) is 0 Å². The van der Waals surface area contributed by atoms with E-state index in [1.54, 1.807) is 6.07 Å². The van der Waals surface area contributed by atoms with Crippen molar-refractivity contribution in [3.63, 3.8) is 0 Å². The minimum absolute atomic E-state index is 0.00604. The van der Waals surface area contributed by atoms with Crippen LogP contribution in [0.15, 0.2) is 40.9 Å². The Bertz CT molecular complexity index is 774. The van der Waals surface area contributed by atoms with Gasteiger partial charge in [-0.1, -0.05) is 27.5 Å². The van der Waals surface area contributed by atoms with Crippen molar-refractivity contribution >= 4 is 45.2 Å². The van der Waals surface area contributed by atoms with Gasteiger partial charge in [0.25, 0.3) is 5.91 Å². The van der Waals surface area contributed by atoms with Gasteiger partial charge in [0.2, 0.25) is 0 Å². The van der Waals surface area contributed by atoms with Crippen molar-refractivity contribution in [3.8, 4) is 0 Å². The van der Waals surface area contributed by atoms with Crippen LogP contribution in [0, 0.1) is 11.6 Å². The number of urea groups is 1. The first-order valence-electron chi connectivity index (χ1n) is 6.14. The van der Waals surface area contributed by atoms with E-state index in [1.807, 2.05) is 5.32 Å². The molecular formula is C14H9BrClF2N3O2. The number of halogens is 4. The van der Waals surface area contributed by atoms with Gasteiger partial charge in [0.1, 0.15) is 11.6 Å². The van der Waals surface area contributed by atoms with Crippen molar-refractivity contribution in [1.82, 2.24) is 10.7 Å². The predicted octanol–water partition coefficient (Wildman–Crippen LogP) is 3.85. The Balaban J connectivity index is 1.95. The molecule has 120 valence electrons. The third-order valence-corrected chi connectivity index (χ3v) is 3.37. The van der Waals surface area contributed by atoms with Gasteiger partial charge in [0, 0.05) is 9.50 Å². The molecule has 0 atom stereocenters. The van der Waals surface area contributed by atoms with Crippen LogP contribution < -0.4 is 16.2 Å². The summed E-state index contributed by atoms with van der Waals surface area (Å²) in [4.78, 5) is 23.3. The molecule has 3 N–H and O–H groups in total. The highest BCUT2D eigenvalue weighted by molar-refractivity contribution is 9.10. The van der Waals surface area contributed by atoms with Crippen LogP contribution >= 0.6 is 27.5 Å². The number of nitrogens with one attached hydrogen (secondary N) is 3. The summed E-state index contributed by atoms with van der Waals surface area (Å²) >= 11 is 8.66. The summed E-state index contributed by atoms with van der Waals surface area (Å²) in [6.07, 6.45) is 0. The zero-order valence-electron chi connectivity index (χ0n) is 11.3. The molecule has 2 aromatic carbocycles. The average molecular weight is 405 g/mol. The summed E-state index contributed by atoms with van der Waals surface area (Å²) in [5.74, 6) is -2.45. The second-order valence-corrected chi connectivity index (χ2v) is 5.63. The van der Waals surface area contributed by atoms with Crippen molar-refractivity contribution in [2.75, 3.05) is 5.43 Å². The minimum atomic E-state index is -0.980. The molecule has 0 aliphatic rings. The van der Waals surface area contributed by atoms with Gasteiger partial charge in [-0.25, -0.2) is 13.6 Å². The van der Waals surface area contributed by atoms with Crippen molar-refractivity contribution < 1.29 is 18.4 Å². The van der Waals surface area contributed by atoms with E-state index in [1.165, 1.54) is 18.2 Å². The summed E-state index contributed by atoms with van der Waals surface area (Å²) in [5.41, 5.74) is 4.01. The summed E-state index contributed by atoms with van der Waals surface area (Å²) in [7, 11) is 0. The largest absolute Gasteiger partial charge is 0.340 e. The molecule has 23 heavy (non-hydrogen) atoms. The summed E-state index contributed by atoms with van der Waals surface area (Å²) in [5, 5.41) is 2.01. The lowest BCUT2D eigenvalue weighted by Crippen LogP contribution is -2.42. The van der Waals surface area contributed by atoms with E-state index in [2.05, 4.69) is 26.8 Å². The Morgan fingerprint density at radius 1 is 1.04 bits per heavy atom. The summed E-state index contributed by atoms with van der Waals surface area (Å²) < 4.78 is 27.6. The van der Waals surface area contributed by atoms with E-state index in [9.17, 15) is 18.4 Å². The van der Waals surface area contributed by atoms with Crippen LogP contribution in [0.25, 0.3) is 0 Å². The lowest BCUT2D eigenvalue weighted by Gasteiger charge is -2.10. The Labute approximate surface area is 143 Å². The smallest absolute Gasteiger partial charge is 0.294 e. The Morgan fingerprint density at radius 2 is 1.78 bits per heavy atom. The van der Waals surface area contributed by atoms with Crippen molar-refractivity contribution in [2.45, 2.75) is 0 Å². The van der Waals surface area contributed by atoms with Gasteiger partial charge in [-0.05, 0) is 36.4 Å². The highest BCUT2D eigenvalue weighted by Crippen LogP contribution is 2.18. The molecule has 2 aromatic rings. The number of hydrogen-bond donors (Lipinski definition) is 3. The van der Waals surface area contributed by atoms with E-state index in [-0.39, 0.29) is 16.3 Å². The number of anilines is 1. The highest BCUT2D eigenvalue weighted by atomic mass is 79.9. The third-order valence-electron chi connectivity index (χ3n) is 2.64. The van der Waals surface area contributed by atoms with Gasteiger partial charge < -0.3 is 0 Å². The number of amides is 3. The normalized spacial score (nSPS) is 10.1. The second kappa shape index (κ2) is 7.38. The number of hydrazine groups is 1. The molecule has 2 rings (SSSR count). The lowest BCUT2D eigenvalue weighted by atomic mass is 10.2. The van der Waals surface area contributed by atoms with Gasteiger partial charge in [0.05, 0.1) is 11.3 Å². The van der Waals surface area contributed by atoms with Gasteiger partial charge in [-0.15, -0.1) is 0 Å². The van der Waals surface area contributed by atoms with Crippen LogP contribution in [-0.2, 0) is 0 Å². The van der Waals surface area contributed by atoms with Crippen LogP contribution in [0.5, 0.6) is 0 Å². The number of carbonyl (C=O) groups is 2. The van der Waals surface area contributed by atoms with Gasteiger partial charge in [-0.3, -0.25) is 21.0 Å². The SMILES string of the molecule is O=C(NNc1ccc(Br)cc1F)NC(=O)c1ccc(Cl)cc1F. The van der Waals surface area contributed by atoms with E-state index in [0.717, 1.165) is 12.1 Å². The first-order valence-corrected chi connectivity index (χ1v) is 7.31. The first kappa shape index (κ1) is 17.2. The molecule has 0 saturated carbocycles. The molecule has 0 aromatic heterocycles. The fraction of sp³-hybridized carbons (Fsp3) is 0. The number of hydrogen-bond acceptors (Lipinski definition) is 3. The fourth-order valence-corrected chi connectivity index (χ4v) is 2.08. The topological polar surface area (TPSA) is 70.2 Å². The summed E-state index contributed by atoms with van der Waals surface area (Å²) in [6, 6.07) is 6.54. The molecule has 0 aliphatic heterocycles. The van der Waals surface area contributed by atoms with E-state index in [0.29, 0.717) is 4.47 Å². The third kappa shape index (κ3) is 4.64. The molecule has 9 heteroatoms. The Hall–Kier alpha value is -2.19. The molecule has 0 radical (unpaired) electrons. The molecule has 0 saturated heterocycles. The molecule has 5 nitrogen and oxygen atoms in total. The number of imide groups is 1. The fourth-order valence-electron chi connectivity index (χ4n) is 1.59. The predicted molar refractivity (Wildman–Crippen MR) is 85.1 cm³/mol. The molecule has 3 amide bonds. The number of benzene rings is 2. The zero-order valence-corrected chi connectivity index (χ0v) is 13.6. The van der Waals surface area contributed by atoms with E-state index >= 15 is 0 Å². The Morgan fingerprint density at radius 3 is 2.43 bits per heavy atom. The lowest BCUT2D eigenvalue weighted by molar-refractivity contribution is 0.0960. The van der Waals surface area contributed by atoms with Crippen LogP contribution in [0.3, 0.4) is 0 Å². The van der Waals surface area contributed by atoms with Crippen LogP contribution in [0.2, 0.25) is 5.02 Å². The Kier molecular flexibility index (Phi) is 5.51. The van der Waals surface area contributed by atoms with E-state index in [4.69, 9.17) is 11.6 Å².